The van der Waals surface area contributed by atoms with E-state index in [0.29, 0.717) is 43.2 Å². The largest absolute Gasteiger partial charge is 0.457 e. The number of benzene rings is 2. The van der Waals surface area contributed by atoms with E-state index < -0.39 is 10.5 Å². The minimum atomic E-state index is -0.937. The van der Waals surface area contributed by atoms with Gasteiger partial charge in [0, 0.05) is 37.1 Å². The van der Waals surface area contributed by atoms with E-state index in [9.17, 15) is 14.9 Å². The fraction of sp³-hybridized carbons (Fsp3) is 0.278. The molecule has 3 rings (SSSR count). The van der Waals surface area contributed by atoms with E-state index in [4.69, 9.17) is 15.2 Å². The third-order valence-corrected chi connectivity index (χ3v) is 4.21. The van der Waals surface area contributed by atoms with Crippen LogP contribution in [0.25, 0.3) is 0 Å². The molecule has 0 spiro atoms. The van der Waals surface area contributed by atoms with Crippen molar-refractivity contribution in [3.8, 4) is 11.5 Å². The first kappa shape index (κ1) is 17.8. The van der Waals surface area contributed by atoms with E-state index in [-0.39, 0.29) is 11.6 Å². The molecule has 0 radical (unpaired) electrons. The van der Waals surface area contributed by atoms with Crippen molar-refractivity contribution in [3.63, 3.8) is 0 Å². The van der Waals surface area contributed by atoms with Crippen LogP contribution in [-0.2, 0) is 9.53 Å². The first-order valence-electron chi connectivity index (χ1n) is 8.17. The Morgan fingerprint density at radius 1 is 1.15 bits per heavy atom. The second-order valence-corrected chi connectivity index (χ2v) is 6.10. The molecule has 0 bridgehead atoms. The SMILES string of the molecule is NC1(C(=O)Nc2cccc(Oc3ccc([N+](=O)[O-])cc3)c2)CCOCC1. The number of non-ortho nitro benzene ring substituents is 1. The quantitative estimate of drug-likeness (QED) is 0.628. The predicted molar refractivity (Wildman–Crippen MR) is 95.2 cm³/mol. The average Bonchev–Trinajstić information content (AvgIpc) is 2.63. The number of ether oxygens (including phenoxy) is 2. The molecular formula is C18H19N3O5. The number of carbonyl (C=O) groups excluding carboxylic acids is 1. The molecule has 2 aromatic rings. The second kappa shape index (κ2) is 7.51. The van der Waals surface area contributed by atoms with E-state index in [2.05, 4.69) is 5.32 Å². The maximum Gasteiger partial charge on any atom is 0.269 e. The van der Waals surface area contributed by atoms with Crippen LogP contribution in [0.2, 0.25) is 0 Å². The van der Waals surface area contributed by atoms with Gasteiger partial charge in [-0.15, -0.1) is 0 Å². The maximum atomic E-state index is 12.5. The Bertz CT molecular complexity index is 801. The Morgan fingerprint density at radius 3 is 2.50 bits per heavy atom. The number of rotatable bonds is 5. The molecular weight excluding hydrogens is 338 g/mol. The third-order valence-electron chi connectivity index (χ3n) is 4.21. The Kier molecular flexibility index (Phi) is 5.15. The van der Waals surface area contributed by atoms with E-state index >= 15 is 0 Å². The number of hydrogen-bond acceptors (Lipinski definition) is 6. The number of nitrogens with one attached hydrogen (secondary N) is 1. The molecule has 26 heavy (non-hydrogen) atoms. The monoisotopic (exact) mass is 357 g/mol. The van der Waals surface area contributed by atoms with Gasteiger partial charge in [0.1, 0.15) is 17.0 Å². The highest BCUT2D eigenvalue weighted by molar-refractivity contribution is 5.98. The highest BCUT2D eigenvalue weighted by atomic mass is 16.6. The summed E-state index contributed by atoms with van der Waals surface area (Å²) in [5.41, 5.74) is 5.79. The zero-order valence-corrected chi connectivity index (χ0v) is 14.0. The molecule has 1 heterocycles. The van der Waals surface area contributed by atoms with E-state index in [1.165, 1.54) is 24.3 Å². The van der Waals surface area contributed by atoms with Crippen LogP contribution in [0.4, 0.5) is 11.4 Å². The van der Waals surface area contributed by atoms with Crippen molar-refractivity contribution in [2.24, 2.45) is 5.73 Å². The minimum Gasteiger partial charge on any atom is -0.457 e. The van der Waals surface area contributed by atoms with Crippen molar-refractivity contribution in [3.05, 3.63) is 58.6 Å². The number of carbonyl (C=O) groups is 1. The molecule has 3 N–H and O–H groups in total. The number of anilines is 1. The Labute approximate surface area is 150 Å². The van der Waals surface area contributed by atoms with Gasteiger partial charge in [0.25, 0.3) is 5.69 Å². The summed E-state index contributed by atoms with van der Waals surface area (Å²) in [6.45, 7) is 0.931. The predicted octanol–water partition coefficient (Wildman–Crippen LogP) is 2.83. The molecule has 1 saturated heterocycles. The van der Waals surface area contributed by atoms with Gasteiger partial charge in [0.2, 0.25) is 5.91 Å². The molecule has 2 aromatic carbocycles. The molecule has 1 aliphatic rings. The summed E-state index contributed by atoms with van der Waals surface area (Å²) in [5.74, 6) is 0.696. The van der Waals surface area contributed by atoms with Crippen molar-refractivity contribution in [2.45, 2.75) is 18.4 Å². The van der Waals surface area contributed by atoms with Crippen LogP contribution in [0.15, 0.2) is 48.5 Å². The van der Waals surface area contributed by atoms with Crippen molar-refractivity contribution in [1.82, 2.24) is 0 Å². The molecule has 0 saturated carbocycles. The van der Waals surface area contributed by atoms with E-state index in [1.54, 1.807) is 24.3 Å². The number of nitrogens with two attached hydrogens (primary N) is 1. The lowest BCUT2D eigenvalue weighted by Crippen LogP contribution is -2.54. The molecule has 136 valence electrons. The summed E-state index contributed by atoms with van der Waals surface area (Å²) < 4.78 is 10.9. The molecule has 1 fully saturated rings. The maximum absolute atomic E-state index is 12.5. The second-order valence-electron chi connectivity index (χ2n) is 6.10. The Morgan fingerprint density at radius 2 is 1.85 bits per heavy atom. The summed E-state index contributed by atoms with van der Waals surface area (Å²) in [4.78, 5) is 22.7. The number of amides is 1. The van der Waals surface area contributed by atoms with Crippen molar-refractivity contribution in [2.75, 3.05) is 18.5 Å². The third kappa shape index (κ3) is 4.16. The highest BCUT2D eigenvalue weighted by Gasteiger charge is 2.35. The normalized spacial score (nSPS) is 15.9. The lowest BCUT2D eigenvalue weighted by Gasteiger charge is -2.31. The molecule has 8 nitrogen and oxygen atoms in total. The number of nitrogens with zero attached hydrogens (tertiary/aromatic N) is 1. The summed E-state index contributed by atoms with van der Waals surface area (Å²) in [7, 11) is 0. The molecule has 8 heteroatoms. The summed E-state index contributed by atoms with van der Waals surface area (Å²) in [6.07, 6.45) is 0.940. The smallest absolute Gasteiger partial charge is 0.269 e. The van der Waals surface area contributed by atoms with Crippen LogP contribution < -0.4 is 15.8 Å². The van der Waals surface area contributed by atoms with Crippen molar-refractivity contribution >= 4 is 17.3 Å². The summed E-state index contributed by atoms with van der Waals surface area (Å²) >= 11 is 0. The fourth-order valence-corrected chi connectivity index (χ4v) is 2.63. The zero-order valence-electron chi connectivity index (χ0n) is 14.0. The standard InChI is InChI=1S/C18H19N3O5/c19-18(8-10-25-11-9-18)17(22)20-13-2-1-3-16(12-13)26-15-6-4-14(5-7-15)21(23)24/h1-7,12H,8-11,19H2,(H,20,22). The fourth-order valence-electron chi connectivity index (χ4n) is 2.63. The highest BCUT2D eigenvalue weighted by Crippen LogP contribution is 2.27. The van der Waals surface area contributed by atoms with Gasteiger partial charge >= 0.3 is 0 Å². The number of nitro benzene ring substituents is 1. The Balaban J connectivity index is 1.68. The molecule has 0 unspecified atom stereocenters. The van der Waals surface area contributed by atoms with Crippen molar-refractivity contribution in [1.29, 1.82) is 0 Å². The van der Waals surface area contributed by atoms with Gasteiger partial charge in [-0.1, -0.05) is 6.07 Å². The molecule has 0 aromatic heterocycles. The minimum absolute atomic E-state index is 0.0110. The lowest BCUT2D eigenvalue weighted by molar-refractivity contribution is -0.384. The molecule has 0 atom stereocenters. The van der Waals surface area contributed by atoms with Crippen LogP contribution in [0.5, 0.6) is 11.5 Å². The van der Waals surface area contributed by atoms with Gasteiger partial charge in [-0.2, -0.15) is 0 Å². The van der Waals surface area contributed by atoms with Crippen molar-refractivity contribution < 1.29 is 19.2 Å². The van der Waals surface area contributed by atoms with Gasteiger partial charge in [-0.05, 0) is 37.1 Å². The first-order chi connectivity index (χ1) is 12.5. The van der Waals surface area contributed by atoms with Crippen LogP contribution in [-0.4, -0.2) is 29.6 Å². The van der Waals surface area contributed by atoms with Gasteiger partial charge < -0.3 is 20.5 Å². The molecule has 1 amide bonds. The van der Waals surface area contributed by atoms with Crippen LogP contribution in [0.3, 0.4) is 0 Å². The first-order valence-corrected chi connectivity index (χ1v) is 8.17. The van der Waals surface area contributed by atoms with E-state index in [0.717, 1.165) is 0 Å². The average molecular weight is 357 g/mol. The van der Waals surface area contributed by atoms with Crippen LogP contribution in [0, 0.1) is 10.1 Å². The summed E-state index contributed by atoms with van der Waals surface area (Å²) in [5, 5.41) is 13.5. The van der Waals surface area contributed by atoms with Gasteiger partial charge in [0.05, 0.1) is 4.92 Å². The number of hydrogen-bond donors (Lipinski definition) is 2. The van der Waals surface area contributed by atoms with E-state index in [1.807, 2.05) is 0 Å². The topological polar surface area (TPSA) is 117 Å². The lowest BCUT2D eigenvalue weighted by atomic mass is 9.90. The molecule has 0 aliphatic carbocycles. The van der Waals surface area contributed by atoms with Gasteiger partial charge in [-0.3, -0.25) is 14.9 Å². The van der Waals surface area contributed by atoms with Crippen LogP contribution in [0.1, 0.15) is 12.8 Å². The zero-order chi connectivity index (χ0) is 18.6. The summed E-state index contributed by atoms with van der Waals surface area (Å²) in [6, 6.07) is 12.6. The Hall–Kier alpha value is -2.97. The van der Waals surface area contributed by atoms with Crippen LogP contribution >= 0.6 is 0 Å². The number of nitro groups is 1. The molecule has 1 aliphatic heterocycles. The van der Waals surface area contributed by atoms with Gasteiger partial charge in [-0.25, -0.2) is 0 Å². The van der Waals surface area contributed by atoms with Gasteiger partial charge in [0.15, 0.2) is 0 Å².